The molecule has 19 heavy (non-hydrogen) atoms. The molecule has 0 saturated carbocycles. The first kappa shape index (κ1) is 13.0. The average molecular weight is 296 g/mol. The Morgan fingerprint density at radius 3 is 3.00 bits per heavy atom. The average Bonchev–Trinajstić information content (AvgIpc) is 2.73. The van der Waals surface area contributed by atoms with Crippen molar-refractivity contribution in [1.82, 2.24) is 9.55 Å². The van der Waals surface area contributed by atoms with Crippen LogP contribution in [0, 0.1) is 4.77 Å². The number of aromatic nitrogens is 2. The molecule has 0 unspecified atom stereocenters. The molecule has 0 radical (unpaired) electrons. The Hall–Kier alpha value is -0.980. The molecule has 0 amide bonds. The highest BCUT2D eigenvalue weighted by Gasteiger charge is 2.32. The molecule has 3 heterocycles. The highest BCUT2D eigenvalue weighted by Crippen LogP contribution is 2.37. The number of hydrogen-bond donors (Lipinski definition) is 1. The lowest BCUT2D eigenvalue weighted by Crippen LogP contribution is -2.34. The summed E-state index contributed by atoms with van der Waals surface area (Å²) >= 11 is 6.75. The second-order valence-electron chi connectivity index (χ2n) is 5.27. The molecule has 0 spiro atoms. The quantitative estimate of drug-likeness (QED) is 0.823. The minimum Gasteiger partial charge on any atom is -0.369 e. The zero-order valence-corrected chi connectivity index (χ0v) is 12.8. The Morgan fingerprint density at radius 2 is 2.32 bits per heavy atom. The Bertz CT molecular complexity index is 771. The van der Waals surface area contributed by atoms with E-state index in [0.717, 1.165) is 33.5 Å². The van der Waals surface area contributed by atoms with Crippen LogP contribution in [0.4, 0.5) is 0 Å². The van der Waals surface area contributed by atoms with Gasteiger partial charge in [0.05, 0.1) is 17.6 Å². The van der Waals surface area contributed by atoms with Crippen LogP contribution in [0.1, 0.15) is 30.7 Å². The van der Waals surface area contributed by atoms with Crippen LogP contribution in [-0.2, 0) is 24.8 Å². The summed E-state index contributed by atoms with van der Waals surface area (Å²) in [6, 6.07) is 0. The number of rotatable bonds is 1. The third-order valence-electron chi connectivity index (χ3n) is 3.98. The maximum atomic E-state index is 12.4. The molecule has 0 saturated heterocycles. The van der Waals surface area contributed by atoms with Crippen molar-refractivity contribution in [3.8, 4) is 0 Å². The van der Waals surface area contributed by atoms with E-state index in [1.165, 1.54) is 4.57 Å². The van der Waals surface area contributed by atoms with Crippen molar-refractivity contribution in [2.45, 2.75) is 38.9 Å². The minimum atomic E-state index is -0.168. The smallest absolute Gasteiger partial charge is 0.263 e. The summed E-state index contributed by atoms with van der Waals surface area (Å²) in [5.74, 6) is 0. The van der Waals surface area contributed by atoms with Crippen molar-refractivity contribution in [3.63, 3.8) is 0 Å². The number of nitrogens with zero attached hydrogens (tertiary/aromatic N) is 1. The van der Waals surface area contributed by atoms with Gasteiger partial charge in [0.15, 0.2) is 4.77 Å². The SMILES string of the molecule is CC[C@]1(C)Cc2c(sc3[nH]c(=S)n(C)c(=O)c23)CO1. The van der Waals surface area contributed by atoms with E-state index in [-0.39, 0.29) is 11.2 Å². The highest BCUT2D eigenvalue weighted by atomic mass is 32.1. The van der Waals surface area contributed by atoms with Gasteiger partial charge in [0.2, 0.25) is 0 Å². The lowest BCUT2D eigenvalue weighted by molar-refractivity contribution is -0.0543. The number of nitrogens with one attached hydrogen (secondary N) is 1. The second kappa shape index (κ2) is 4.26. The Kier molecular flexibility index (Phi) is 2.92. The highest BCUT2D eigenvalue weighted by molar-refractivity contribution is 7.71. The van der Waals surface area contributed by atoms with Gasteiger partial charge in [0.25, 0.3) is 5.56 Å². The van der Waals surface area contributed by atoms with Gasteiger partial charge in [-0.2, -0.15) is 0 Å². The van der Waals surface area contributed by atoms with E-state index in [1.54, 1.807) is 18.4 Å². The topological polar surface area (TPSA) is 47.0 Å². The second-order valence-corrected chi connectivity index (χ2v) is 6.76. The molecule has 3 rings (SSSR count). The van der Waals surface area contributed by atoms with Gasteiger partial charge in [-0.3, -0.25) is 9.36 Å². The van der Waals surface area contributed by atoms with Gasteiger partial charge in [0, 0.05) is 18.3 Å². The van der Waals surface area contributed by atoms with Gasteiger partial charge in [-0.15, -0.1) is 11.3 Å². The van der Waals surface area contributed by atoms with Crippen molar-refractivity contribution in [3.05, 3.63) is 25.6 Å². The number of thiophene rings is 1. The number of hydrogen-bond acceptors (Lipinski definition) is 4. The Balaban J connectivity index is 2.32. The molecule has 6 heteroatoms. The summed E-state index contributed by atoms with van der Waals surface area (Å²) < 4.78 is 7.90. The maximum absolute atomic E-state index is 12.4. The fourth-order valence-corrected chi connectivity index (χ4v) is 3.83. The molecule has 0 bridgehead atoms. The van der Waals surface area contributed by atoms with E-state index in [2.05, 4.69) is 18.8 Å². The summed E-state index contributed by atoms with van der Waals surface area (Å²) in [4.78, 5) is 17.6. The van der Waals surface area contributed by atoms with Crippen LogP contribution in [-0.4, -0.2) is 15.2 Å². The van der Waals surface area contributed by atoms with Gasteiger partial charge in [-0.25, -0.2) is 0 Å². The molecule has 2 aromatic rings. The van der Waals surface area contributed by atoms with Crippen LogP contribution in [0.15, 0.2) is 4.79 Å². The van der Waals surface area contributed by atoms with E-state index in [4.69, 9.17) is 17.0 Å². The lowest BCUT2D eigenvalue weighted by Gasteiger charge is -2.32. The lowest BCUT2D eigenvalue weighted by atomic mass is 9.90. The zero-order valence-electron chi connectivity index (χ0n) is 11.2. The van der Waals surface area contributed by atoms with Crippen LogP contribution in [0.5, 0.6) is 0 Å². The van der Waals surface area contributed by atoms with Gasteiger partial charge in [-0.05, 0) is 31.1 Å². The van der Waals surface area contributed by atoms with Gasteiger partial charge >= 0.3 is 0 Å². The molecule has 1 atom stereocenters. The first-order valence-corrected chi connectivity index (χ1v) is 7.55. The summed E-state index contributed by atoms with van der Waals surface area (Å²) in [6.07, 6.45) is 1.73. The normalized spacial score (nSPS) is 22.7. The first-order chi connectivity index (χ1) is 8.95. The minimum absolute atomic E-state index is 0.00315. The fraction of sp³-hybridized carbons (Fsp3) is 0.538. The van der Waals surface area contributed by atoms with Gasteiger partial charge in [0.1, 0.15) is 4.83 Å². The number of fused-ring (bicyclic) bond motifs is 3. The molecule has 0 aliphatic carbocycles. The molecule has 1 aliphatic rings. The van der Waals surface area contributed by atoms with Gasteiger partial charge < -0.3 is 9.72 Å². The van der Waals surface area contributed by atoms with Crippen LogP contribution in [0.3, 0.4) is 0 Å². The van der Waals surface area contributed by atoms with Crippen molar-refractivity contribution < 1.29 is 4.74 Å². The number of aromatic amines is 1. The molecule has 0 fully saturated rings. The van der Waals surface area contributed by atoms with E-state index in [9.17, 15) is 4.79 Å². The standard InChI is InChI=1S/C13H16N2O2S2/c1-4-13(2)5-7-8(6-17-13)19-10-9(7)11(16)15(3)12(18)14-10/h4-6H2,1-3H3,(H,14,18)/t13-/m1/s1. The molecular formula is C13H16N2O2S2. The first-order valence-electron chi connectivity index (χ1n) is 6.33. The summed E-state index contributed by atoms with van der Waals surface area (Å²) in [6.45, 7) is 4.81. The van der Waals surface area contributed by atoms with E-state index in [0.29, 0.717) is 11.4 Å². The van der Waals surface area contributed by atoms with Crippen LogP contribution < -0.4 is 5.56 Å². The molecule has 2 aromatic heterocycles. The fourth-order valence-electron chi connectivity index (χ4n) is 2.46. The molecular weight excluding hydrogens is 280 g/mol. The third kappa shape index (κ3) is 1.89. The molecule has 1 N–H and O–H groups in total. The predicted molar refractivity (Wildman–Crippen MR) is 79.4 cm³/mol. The van der Waals surface area contributed by atoms with Crippen LogP contribution in [0.2, 0.25) is 0 Å². The summed E-state index contributed by atoms with van der Waals surface area (Å²) in [5.41, 5.74) is 0.970. The number of ether oxygens (including phenoxy) is 1. The maximum Gasteiger partial charge on any atom is 0.263 e. The zero-order chi connectivity index (χ0) is 13.8. The van der Waals surface area contributed by atoms with E-state index < -0.39 is 0 Å². The van der Waals surface area contributed by atoms with Crippen LogP contribution >= 0.6 is 23.6 Å². The largest absolute Gasteiger partial charge is 0.369 e. The van der Waals surface area contributed by atoms with Crippen molar-refractivity contribution in [2.24, 2.45) is 7.05 Å². The van der Waals surface area contributed by atoms with Crippen molar-refractivity contribution >= 4 is 33.8 Å². The molecule has 1 aliphatic heterocycles. The van der Waals surface area contributed by atoms with E-state index >= 15 is 0 Å². The summed E-state index contributed by atoms with van der Waals surface area (Å²) in [5, 5.41) is 0.791. The van der Waals surface area contributed by atoms with Crippen molar-refractivity contribution in [2.75, 3.05) is 0 Å². The van der Waals surface area contributed by atoms with E-state index in [1.807, 2.05) is 0 Å². The third-order valence-corrected chi connectivity index (χ3v) is 5.48. The van der Waals surface area contributed by atoms with Crippen LogP contribution in [0.25, 0.3) is 10.2 Å². The predicted octanol–water partition coefficient (Wildman–Crippen LogP) is 2.90. The molecule has 4 nitrogen and oxygen atoms in total. The Labute approximate surface area is 120 Å². The van der Waals surface area contributed by atoms with Gasteiger partial charge in [-0.1, -0.05) is 6.92 Å². The molecule has 0 aromatic carbocycles. The summed E-state index contributed by atoms with van der Waals surface area (Å²) in [7, 11) is 1.71. The molecule has 102 valence electrons. The number of H-pyrrole nitrogens is 1. The monoisotopic (exact) mass is 296 g/mol. The van der Waals surface area contributed by atoms with Crippen molar-refractivity contribution in [1.29, 1.82) is 0 Å². The Morgan fingerprint density at radius 1 is 1.58 bits per heavy atom.